The van der Waals surface area contributed by atoms with E-state index in [9.17, 15) is 14.0 Å². The summed E-state index contributed by atoms with van der Waals surface area (Å²) in [4.78, 5) is 27.7. The van der Waals surface area contributed by atoms with Crippen LogP contribution in [-0.4, -0.2) is 24.1 Å². The van der Waals surface area contributed by atoms with E-state index in [1.165, 1.54) is 25.3 Å². The highest BCUT2D eigenvalue weighted by Gasteiger charge is 2.16. The van der Waals surface area contributed by atoms with E-state index in [2.05, 4.69) is 15.6 Å². The molecule has 0 aliphatic rings. The molecule has 150 valence electrons. The van der Waals surface area contributed by atoms with E-state index in [1.54, 1.807) is 30.3 Å². The van der Waals surface area contributed by atoms with Gasteiger partial charge in [-0.05, 0) is 48.5 Å². The van der Waals surface area contributed by atoms with Gasteiger partial charge in [-0.1, -0.05) is 24.3 Å². The number of methoxy groups -OCH3 is 1. The van der Waals surface area contributed by atoms with Gasteiger partial charge < -0.3 is 20.4 Å². The molecule has 0 unspecified atom stereocenters. The molecular formula is C23H18FN3O3. The van der Waals surface area contributed by atoms with Gasteiger partial charge in [0.05, 0.1) is 24.1 Å². The minimum absolute atomic E-state index is 0.328. The average Bonchev–Trinajstić information content (AvgIpc) is 3.12. The number of hydrogen-bond donors (Lipinski definition) is 3. The number of carbonyl (C=O) groups excluding carboxylic acids is 2. The average molecular weight is 403 g/mol. The first-order chi connectivity index (χ1) is 14.5. The van der Waals surface area contributed by atoms with Gasteiger partial charge in [-0.15, -0.1) is 0 Å². The minimum Gasteiger partial charge on any atom is -0.465 e. The third kappa shape index (κ3) is 3.86. The Morgan fingerprint density at radius 3 is 2.47 bits per heavy atom. The van der Waals surface area contributed by atoms with Crippen LogP contribution in [0.15, 0.2) is 72.8 Å². The van der Waals surface area contributed by atoms with Crippen molar-refractivity contribution in [2.75, 3.05) is 17.7 Å². The zero-order valence-corrected chi connectivity index (χ0v) is 16.0. The monoisotopic (exact) mass is 403 g/mol. The van der Waals surface area contributed by atoms with Crippen molar-refractivity contribution in [1.82, 2.24) is 4.98 Å². The van der Waals surface area contributed by atoms with Crippen molar-refractivity contribution in [2.45, 2.75) is 0 Å². The third-order valence-corrected chi connectivity index (χ3v) is 4.62. The lowest BCUT2D eigenvalue weighted by Crippen LogP contribution is -2.20. The van der Waals surface area contributed by atoms with Gasteiger partial charge in [0.2, 0.25) is 0 Å². The van der Waals surface area contributed by atoms with Gasteiger partial charge in [0, 0.05) is 22.2 Å². The van der Waals surface area contributed by atoms with Crippen molar-refractivity contribution in [3.05, 3.63) is 84.2 Å². The number of aromatic amines is 1. The maximum atomic E-state index is 13.4. The number of ether oxygens (including phenoxy) is 1. The summed E-state index contributed by atoms with van der Waals surface area (Å²) in [5.41, 5.74) is 3.57. The number of aromatic nitrogens is 1. The first kappa shape index (κ1) is 19.2. The summed E-state index contributed by atoms with van der Waals surface area (Å²) in [6.07, 6.45) is 0. The number of hydrogen-bond acceptors (Lipinski definition) is 3. The molecule has 30 heavy (non-hydrogen) atoms. The number of fused-ring (bicyclic) bond motifs is 1. The summed E-state index contributed by atoms with van der Waals surface area (Å²) in [5.74, 6) is -0.832. The number of carbonyl (C=O) groups is 2. The zero-order valence-electron chi connectivity index (χ0n) is 16.0. The molecule has 7 heteroatoms. The Morgan fingerprint density at radius 2 is 1.70 bits per heavy atom. The molecule has 0 bridgehead atoms. The summed E-state index contributed by atoms with van der Waals surface area (Å²) in [6, 6.07) is 19.5. The molecule has 0 saturated heterocycles. The van der Waals surface area contributed by atoms with Crippen LogP contribution >= 0.6 is 0 Å². The number of benzene rings is 3. The van der Waals surface area contributed by atoms with Gasteiger partial charge in [-0.25, -0.2) is 14.0 Å². The van der Waals surface area contributed by atoms with E-state index < -0.39 is 12.0 Å². The molecule has 0 atom stereocenters. The number of H-pyrrole nitrogens is 1. The van der Waals surface area contributed by atoms with Crippen LogP contribution in [0.4, 0.5) is 20.6 Å². The Bertz CT molecular complexity index is 1230. The van der Waals surface area contributed by atoms with Crippen molar-refractivity contribution in [3.8, 4) is 11.3 Å². The molecule has 0 saturated carbocycles. The van der Waals surface area contributed by atoms with E-state index in [0.717, 1.165) is 16.5 Å². The number of halogens is 1. The van der Waals surface area contributed by atoms with Gasteiger partial charge >= 0.3 is 12.0 Å². The number of esters is 1. The standard InChI is InChI=1S/C23H18FN3O3/c1-30-22(28)15-5-4-6-17(13-15)25-23(29)27-21-18-7-2-3-8-19(18)26-20(21)14-9-11-16(24)12-10-14/h2-13,26H,1H3,(H2,25,27,29). The lowest BCUT2D eigenvalue weighted by atomic mass is 10.1. The maximum absolute atomic E-state index is 13.4. The first-order valence-electron chi connectivity index (χ1n) is 9.18. The summed E-state index contributed by atoms with van der Waals surface area (Å²) < 4.78 is 18.1. The van der Waals surface area contributed by atoms with Gasteiger partial charge in [-0.3, -0.25) is 0 Å². The van der Waals surface area contributed by atoms with Gasteiger partial charge in [0.25, 0.3) is 0 Å². The second kappa shape index (κ2) is 8.08. The van der Waals surface area contributed by atoms with Crippen LogP contribution in [0.2, 0.25) is 0 Å². The van der Waals surface area contributed by atoms with E-state index in [1.807, 2.05) is 24.3 Å². The fourth-order valence-electron chi connectivity index (χ4n) is 3.22. The normalized spacial score (nSPS) is 10.6. The lowest BCUT2D eigenvalue weighted by molar-refractivity contribution is 0.0600. The van der Waals surface area contributed by atoms with Crippen molar-refractivity contribution in [2.24, 2.45) is 0 Å². The Labute approximate surface area is 171 Å². The number of amides is 2. The van der Waals surface area contributed by atoms with Gasteiger partial charge in [0.1, 0.15) is 5.82 Å². The number of nitrogens with one attached hydrogen (secondary N) is 3. The predicted molar refractivity (Wildman–Crippen MR) is 114 cm³/mol. The Kier molecular flexibility index (Phi) is 5.17. The molecule has 2 amide bonds. The number of rotatable bonds is 4. The SMILES string of the molecule is COC(=O)c1cccc(NC(=O)Nc2c(-c3ccc(F)cc3)[nH]c3ccccc23)c1. The molecule has 0 aliphatic heterocycles. The topological polar surface area (TPSA) is 83.2 Å². The molecule has 1 heterocycles. The highest BCUT2D eigenvalue weighted by molar-refractivity contribution is 6.10. The largest absolute Gasteiger partial charge is 0.465 e. The van der Waals surface area contributed by atoms with Crippen LogP contribution in [0.3, 0.4) is 0 Å². The molecule has 6 nitrogen and oxygen atoms in total. The third-order valence-electron chi connectivity index (χ3n) is 4.62. The second-order valence-corrected chi connectivity index (χ2v) is 6.58. The van der Waals surface area contributed by atoms with Crippen LogP contribution in [0, 0.1) is 5.82 Å². The molecule has 0 spiro atoms. The molecule has 0 fully saturated rings. The Balaban J connectivity index is 1.65. The summed E-state index contributed by atoms with van der Waals surface area (Å²) >= 11 is 0. The predicted octanol–water partition coefficient (Wildman–Crippen LogP) is 5.40. The summed E-state index contributed by atoms with van der Waals surface area (Å²) in [6.45, 7) is 0. The van der Waals surface area contributed by atoms with Crippen molar-refractivity contribution < 1.29 is 18.7 Å². The molecule has 3 aromatic carbocycles. The van der Waals surface area contributed by atoms with Crippen molar-refractivity contribution in [3.63, 3.8) is 0 Å². The van der Waals surface area contributed by atoms with Crippen LogP contribution in [-0.2, 0) is 4.74 Å². The van der Waals surface area contributed by atoms with Crippen LogP contribution in [0.25, 0.3) is 22.2 Å². The number of para-hydroxylation sites is 1. The minimum atomic E-state index is -0.491. The second-order valence-electron chi connectivity index (χ2n) is 6.58. The molecule has 1 aromatic heterocycles. The Hall–Kier alpha value is -4.13. The fraction of sp³-hybridized carbons (Fsp3) is 0.0435. The van der Waals surface area contributed by atoms with Crippen LogP contribution in [0.5, 0.6) is 0 Å². The number of urea groups is 1. The smallest absolute Gasteiger partial charge is 0.337 e. The lowest BCUT2D eigenvalue weighted by Gasteiger charge is -2.10. The summed E-state index contributed by atoms with van der Waals surface area (Å²) in [5, 5.41) is 6.40. The fourth-order valence-corrected chi connectivity index (χ4v) is 3.22. The van der Waals surface area contributed by atoms with Crippen molar-refractivity contribution >= 4 is 34.3 Å². The van der Waals surface area contributed by atoms with Crippen LogP contribution in [0.1, 0.15) is 10.4 Å². The van der Waals surface area contributed by atoms with Gasteiger partial charge in [-0.2, -0.15) is 0 Å². The molecule has 4 rings (SSSR count). The van der Waals surface area contributed by atoms with E-state index >= 15 is 0 Å². The molecule has 0 aliphatic carbocycles. The van der Waals surface area contributed by atoms with E-state index in [0.29, 0.717) is 22.6 Å². The summed E-state index contributed by atoms with van der Waals surface area (Å²) in [7, 11) is 1.29. The highest BCUT2D eigenvalue weighted by atomic mass is 19.1. The molecule has 3 N–H and O–H groups in total. The molecular weight excluding hydrogens is 385 g/mol. The quantitative estimate of drug-likeness (QED) is 0.399. The van der Waals surface area contributed by atoms with E-state index in [-0.39, 0.29) is 5.82 Å². The first-order valence-corrected chi connectivity index (χ1v) is 9.18. The molecule has 0 radical (unpaired) electrons. The van der Waals surface area contributed by atoms with Crippen LogP contribution < -0.4 is 10.6 Å². The van der Waals surface area contributed by atoms with Crippen molar-refractivity contribution in [1.29, 1.82) is 0 Å². The Morgan fingerprint density at radius 1 is 0.933 bits per heavy atom. The highest BCUT2D eigenvalue weighted by Crippen LogP contribution is 2.35. The zero-order chi connectivity index (χ0) is 21.1. The maximum Gasteiger partial charge on any atom is 0.337 e. The molecule has 4 aromatic rings. The number of anilines is 2. The van der Waals surface area contributed by atoms with E-state index in [4.69, 9.17) is 4.74 Å². The van der Waals surface area contributed by atoms with Gasteiger partial charge in [0.15, 0.2) is 0 Å².